The van der Waals surface area contributed by atoms with Crippen LogP contribution in [-0.2, 0) is 0 Å². The SMILES string of the molecule is O=C(Nc1sc2ccccc2c(=O)c1-c1cccc(Cl)c1)c1ccccc1Cl. The first kappa shape index (κ1) is 18.7. The molecule has 3 aromatic carbocycles. The van der Waals surface area contributed by atoms with Crippen molar-refractivity contribution >= 4 is 55.5 Å². The second kappa shape index (κ2) is 7.76. The first-order valence-electron chi connectivity index (χ1n) is 8.42. The van der Waals surface area contributed by atoms with Crippen molar-refractivity contribution in [1.29, 1.82) is 0 Å². The molecule has 0 saturated carbocycles. The minimum atomic E-state index is -0.375. The average molecular weight is 426 g/mol. The monoisotopic (exact) mass is 425 g/mol. The second-order valence-electron chi connectivity index (χ2n) is 6.08. The van der Waals surface area contributed by atoms with Crippen molar-refractivity contribution in [2.24, 2.45) is 0 Å². The van der Waals surface area contributed by atoms with Gasteiger partial charge in [-0.3, -0.25) is 9.59 Å². The van der Waals surface area contributed by atoms with Crippen LogP contribution in [0.5, 0.6) is 0 Å². The lowest BCUT2D eigenvalue weighted by Crippen LogP contribution is -2.16. The Hall–Kier alpha value is -2.66. The molecule has 0 radical (unpaired) electrons. The largest absolute Gasteiger partial charge is 0.313 e. The van der Waals surface area contributed by atoms with E-state index in [1.54, 1.807) is 54.6 Å². The summed E-state index contributed by atoms with van der Waals surface area (Å²) in [5, 5.41) is 4.78. The van der Waals surface area contributed by atoms with E-state index in [-0.39, 0.29) is 11.3 Å². The van der Waals surface area contributed by atoms with Gasteiger partial charge in [0.1, 0.15) is 5.00 Å². The highest BCUT2D eigenvalue weighted by Gasteiger charge is 2.18. The summed E-state index contributed by atoms with van der Waals surface area (Å²) in [6.07, 6.45) is 0. The summed E-state index contributed by atoms with van der Waals surface area (Å²) in [7, 11) is 0. The lowest BCUT2D eigenvalue weighted by atomic mass is 10.1. The molecule has 0 unspecified atom stereocenters. The van der Waals surface area contributed by atoms with Gasteiger partial charge in [-0.05, 0) is 42.0 Å². The van der Waals surface area contributed by atoms with Crippen molar-refractivity contribution in [2.45, 2.75) is 0 Å². The lowest BCUT2D eigenvalue weighted by Gasteiger charge is -2.12. The summed E-state index contributed by atoms with van der Waals surface area (Å²) < 4.78 is 0.785. The molecule has 0 bridgehead atoms. The normalized spacial score (nSPS) is 10.8. The van der Waals surface area contributed by atoms with Gasteiger partial charge in [0.2, 0.25) is 0 Å². The van der Waals surface area contributed by atoms with Crippen LogP contribution in [0.1, 0.15) is 10.4 Å². The Morgan fingerprint density at radius 3 is 2.43 bits per heavy atom. The molecule has 0 saturated heterocycles. The zero-order valence-electron chi connectivity index (χ0n) is 14.4. The highest BCUT2D eigenvalue weighted by atomic mass is 35.5. The number of carbonyl (C=O) groups excluding carboxylic acids is 1. The van der Waals surface area contributed by atoms with Gasteiger partial charge >= 0.3 is 0 Å². The molecule has 0 aliphatic carbocycles. The van der Waals surface area contributed by atoms with E-state index >= 15 is 0 Å². The quantitative estimate of drug-likeness (QED) is 0.407. The molecular formula is C22H13Cl2NO2S. The summed E-state index contributed by atoms with van der Waals surface area (Å²) in [5.41, 5.74) is 1.24. The number of amides is 1. The van der Waals surface area contributed by atoms with Crippen LogP contribution in [0.15, 0.2) is 77.6 Å². The van der Waals surface area contributed by atoms with Gasteiger partial charge < -0.3 is 5.32 Å². The van der Waals surface area contributed by atoms with E-state index in [9.17, 15) is 9.59 Å². The maximum Gasteiger partial charge on any atom is 0.257 e. The summed E-state index contributed by atoms with van der Waals surface area (Å²) in [6, 6.07) is 21.1. The van der Waals surface area contributed by atoms with Crippen LogP contribution in [0.25, 0.3) is 21.2 Å². The highest BCUT2D eigenvalue weighted by molar-refractivity contribution is 7.22. The van der Waals surface area contributed by atoms with Gasteiger partial charge in [0, 0.05) is 15.1 Å². The van der Waals surface area contributed by atoms with Gasteiger partial charge in [-0.2, -0.15) is 0 Å². The number of rotatable bonds is 3. The maximum absolute atomic E-state index is 13.2. The van der Waals surface area contributed by atoms with Crippen LogP contribution < -0.4 is 10.7 Å². The topological polar surface area (TPSA) is 46.2 Å². The zero-order chi connectivity index (χ0) is 19.7. The number of halogens is 2. The average Bonchev–Trinajstić information content (AvgIpc) is 2.68. The van der Waals surface area contributed by atoms with E-state index in [0.717, 1.165) is 4.70 Å². The number of carbonyl (C=O) groups is 1. The molecule has 1 aromatic heterocycles. The number of benzene rings is 3. The van der Waals surface area contributed by atoms with Crippen molar-refractivity contribution in [1.82, 2.24) is 0 Å². The molecule has 4 aromatic rings. The fourth-order valence-corrected chi connectivity index (χ4v) is 4.46. The molecule has 1 N–H and O–H groups in total. The van der Waals surface area contributed by atoms with Gasteiger partial charge in [-0.25, -0.2) is 0 Å². The molecular weight excluding hydrogens is 413 g/mol. The Kier molecular flexibility index (Phi) is 5.18. The van der Waals surface area contributed by atoms with Crippen molar-refractivity contribution in [3.05, 3.63) is 98.6 Å². The highest BCUT2D eigenvalue weighted by Crippen LogP contribution is 2.34. The molecule has 1 amide bonds. The molecule has 0 aliphatic heterocycles. The predicted molar refractivity (Wildman–Crippen MR) is 118 cm³/mol. The first-order valence-corrected chi connectivity index (χ1v) is 9.99. The van der Waals surface area contributed by atoms with Crippen LogP contribution >= 0.6 is 34.5 Å². The molecule has 6 heteroatoms. The van der Waals surface area contributed by atoms with E-state index in [1.807, 2.05) is 18.2 Å². The van der Waals surface area contributed by atoms with Crippen LogP contribution in [0.3, 0.4) is 0 Å². The predicted octanol–water partition coefficient (Wildman–Crippen LogP) is 6.49. The fourth-order valence-electron chi connectivity index (χ4n) is 2.95. The Bertz CT molecular complexity index is 1270. The second-order valence-corrected chi connectivity index (χ2v) is 7.97. The summed E-state index contributed by atoms with van der Waals surface area (Å²) in [6.45, 7) is 0. The Morgan fingerprint density at radius 2 is 1.64 bits per heavy atom. The summed E-state index contributed by atoms with van der Waals surface area (Å²) in [4.78, 5) is 26.0. The summed E-state index contributed by atoms with van der Waals surface area (Å²) in [5.74, 6) is -0.375. The van der Waals surface area contributed by atoms with Gasteiger partial charge in [-0.15, -0.1) is 11.3 Å². The van der Waals surface area contributed by atoms with Crippen molar-refractivity contribution < 1.29 is 4.79 Å². The molecule has 138 valence electrons. The number of anilines is 1. The third-order valence-electron chi connectivity index (χ3n) is 4.26. The number of nitrogens with one attached hydrogen (secondary N) is 1. The van der Waals surface area contributed by atoms with Crippen molar-refractivity contribution in [3.8, 4) is 11.1 Å². The van der Waals surface area contributed by atoms with Gasteiger partial charge in [0.15, 0.2) is 5.43 Å². The zero-order valence-corrected chi connectivity index (χ0v) is 16.7. The minimum absolute atomic E-state index is 0.161. The third kappa shape index (κ3) is 3.54. The molecule has 28 heavy (non-hydrogen) atoms. The molecule has 0 spiro atoms. The smallest absolute Gasteiger partial charge is 0.257 e. The van der Waals surface area contributed by atoms with Crippen molar-refractivity contribution in [2.75, 3.05) is 5.32 Å². The van der Waals surface area contributed by atoms with Gasteiger partial charge in [0.25, 0.3) is 5.91 Å². The molecule has 0 aliphatic rings. The van der Waals surface area contributed by atoms with E-state index in [2.05, 4.69) is 5.32 Å². The van der Waals surface area contributed by atoms with Crippen LogP contribution in [0.4, 0.5) is 5.00 Å². The van der Waals surface area contributed by atoms with Crippen LogP contribution in [0.2, 0.25) is 10.0 Å². The Balaban J connectivity index is 1.92. The number of hydrogen-bond donors (Lipinski definition) is 1. The maximum atomic E-state index is 13.2. The molecule has 1 heterocycles. The minimum Gasteiger partial charge on any atom is -0.313 e. The van der Waals surface area contributed by atoms with Crippen LogP contribution in [-0.4, -0.2) is 5.91 Å². The summed E-state index contributed by atoms with van der Waals surface area (Å²) >= 11 is 13.6. The van der Waals surface area contributed by atoms with E-state index in [0.29, 0.717) is 37.1 Å². The lowest BCUT2D eigenvalue weighted by molar-refractivity contribution is 0.102. The number of fused-ring (bicyclic) bond motifs is 1. The number of hydrogen-bond acceptors (Lipinski definition) is 3. The Morgan fingerprint density at radius 1 is 0.893 bits per heavy atom. The van der Waals surface area contributed by atoms with Crippen molar-refractivity contribution in [3.63, 3.8) is 0 Å². The van der Waals surface area contributed by atoms with Gasteiger partial charge in [-0.1, -0.05) is 59.6 Å². The first-order chi connectivity index (χ1) is 13.5. The molecule has 0 atom stereocenters. The fraction of sp³-hybridized carbons (Fsp3) is 0. The van der Waals surface area contributed by atoms with E-state index in [1.165, 1.54) is 11.3 Å². The standard InChI is InChI=1S/C22H13Cl2NO2S/c23-14-7-5-6-13(12-14)19-20(26)16-9-2-4-11-18(16)28-22(19)25-21(27)15-8-1-3-10-17(15)24/h1-12H,(H,25,27). The van der Waals surface area contributed by atoms with E-state index < -0.39 is 0 Å². The molecule has 0 fully saturated rings. The Labute approximate surface area is 175 Å². The third-order valence-corrected chi connectivity index (χ3v) is 5.91. The van der Waals surface area contributed by atoms with E-state index in [4.69, 9.17) is 23.2 Å². The van der Waals surface area contributed by atoms with Crippen LogP contribution in [0, 0.1) is 0 Å². The van der Waals surface area contributed by atoms with Gasteiger partial charge in [0.05, 0.1) is 16.1 Å². The molecule has 3 nitrogen and oxygen atoms in total. The molecule has 4 rings (SSSR count).